The molecule has 1 rings (SSSR count). The zero-order valence-electron chi connectivity index (χ0n) is 8.87. The van der Waals surface area contributed by atoms with Crippen molar-refractivity contribution in [3.05, 3.63) is 43.3 Å². The van der Waals surface area contributed by atoms with Crippen LogP contribution in [0.1, 0.15) is 13.3 Å². The summed E-state index contributed by atoms with van der Waals surface area (Å²) in [6.45, 7) is 1.23. The van der Waals surface area contributed by atoms with Crippen LogP contribution in [0.3, 0.4) is 0 Å². The number of nitro groups is 2. The van der Waals surface area contributed by atoms with Crippen molar-refractivity contribution in [2.24, 2.45) is 11.5 Å². The third-order valence-electron chi connectivity index (χ3n) is 2.55. The highest BCUT2D eigenvalue weighted by molar-refractivity contribution is 5.87. The number of carbonyl (C=O) groups is 1. The maximum Gasteiger partial charge on any atom is 0.277 e. The molecule has 1 aliphatic carbocycles. The molecule has 9 heteroatoms. The summed E-state index contributed by atoms with van der Waals surface area (Å²) in [6.07, 6.45) is 0.399. The second-order valence-corrected chi connectivity index (χ2v) is 3.70. The standard InChI is InChI=1S/C8H10N4O5/c1-4-5(11(14)15)2-8(10,7(9)13)3-6(4)12(16)17/h2H,3,10H2,1H3,(H2,9,13). The molecule has 17 heavy (non-hydrogen) atoms. The first-order valence-electron chi connectivity index (χ1n) is 4.49. The smallest absolute Gasteiger partial charge is 0.277 e. The molecule has 9 nitrogen and oxygen atoms in total. The molecular formula is C8H10N4O5. The summed E-state index contributed by atoms with van der Waals surface area (Å²) in [4.78, 5) is 30.9. The Morgan fingerprint density at radius 3 is 2.29 bits per heavy atom. The predicted octanol–water partition coefficient (Wildman–Crippen LogP) is -0.716. The van der Waals surface area contributed by atoms with Gasteiger partial charge in [-0.1, -0.05) is 0 Å². The van der Waals surface area contributed by atoms with Crippen molar-refractivity contribution >= 4 is 5.91 Å². The molecule has 1 unspecified atom stereocenters. The van der Waals surface area contributed by atoms with E-state index in [1.54, 1.807) is 0 Å². The lowest BCUT2D eigenvalue weighted by Gasteiger charge is -2.23. The maximum atomic E-state index is 11.1. The van der Waals surface area contributed by atoms with E-state index in [4.69, 9.17) is 11.5 Å². The number of nitrogens with zero attached hydrogens (tertiary/aromatic N) is 2. The second kappa shape index (κ2) is 3.94. The topological polar surface area (TPSA) is 155 Å². The molecule has 0 aromatic carbocycles. The molecule has 1 aliphatic rings. The van der Waals surface area contributed by atoms with E-state index in [9.17, 15) is 25.0 Å². The van der Waals surface area contributed by atoms with E-state index >= 15 is 0 Å². The van der Waals surface area contributed by atoms with Gasteiger partial charge in [-0.3, -0.25) is 25.0 Å². The molecule has 0 fully saturated rings. The van der Waals surface area contributed by atoms with E-state index in [2.05, 4.69) is 0 Å². The first kappa shape index (κ1) is 12.8. The van der Waals surface area contributed by atoms with Gasteiger partial charge in [0.05, 0.1) is 21.8 Å². The predicted molar refractivity (Wildman–Crippen MR) is 55.5 cm³/mol. The van der Waals surface area contributed by atoms with Gasteiger partial charge in [0, 0.05) is 6.08 Å². The highest BCUT2D eigenvalue weighted by Gasteiger charge is 2.44. The van der Waals surface area contributed by atoms with Crippen LogP contribution in [-0.4, -0.2) is 21.3 Å². The third-order valence-corrected chi connectivity index (χ3v) is 2.55. The Hall–Kier alpha value is -2.29. The molecule has 4 N–H and O–H groups in total. The van der Waals surface area contributed by atoms with Crippen LogP contribution < -0.4 is 11.5 Å². The van der Waals surface area contributed by atoms with Crippen molar-refractivity contribution in [3.8, 4) is 0 Å². The molecule has 0 radical (unpaired) electrons. The summed E-state index contributed by atoms with van der Waals surface area (Å²) in [5.74, 6) is -1.05. The Morgan fingerprint density at radius 1 is 1.41 bits per heavy atom. The Bertz CT molecular complexity index is 480. The zero-order valence-corrected chi connectivity index (χ0v) is 8.87. The molecule has 1 atom stereocenters. The van der Waals surface area contributed by atoms with Crippen molar-refractivity contribution < 1.29 is 14.6 Å². The Balaban J connectivity index is 3.42. The van der Waals surface area contributed by atoms with Crippen LogP contribution in [0.15, 0.2) is 23.0 Å². The van der Waals surface area contributed by atoms with E-state index in [0.29, 0.717) is 0 Å². The fraction of sp³-hybridized carbons (Fsp3) is 0.375. The highest BCUT2D eigenvalue weighted by Crippen LogP contribution is 2.30. The normalized spacial score (nSPS) is 24.2. The van der Waals surface area contributed by atoms with E-state index in [-0.39, 0.29) is 5.57 Å². The van der Waals surface area contributed by atoms with Crippen LogP contribution in [0, 0.1) is 20.2 Å². The Morgan fingerprint density at radius 2 is 1.94 bits per heavy atom. The first-order valence-corrected chi connectivity index (χ1v) is 4.49. The summed E-state index contributed by atoms with van der Waals surface area (Å²) < 4.78 is 0. The molecule has 0 saturated heterocycles. The molecule has 0 saturated carbocycles. The molecule has 0 aliphatic heterocycles. The molecule has 1 amide bonds. The second-order valence-electron chi connectivity index (χ2n) is 3.70. The van der Waals surface area contributed by atoms with Crippen molar-refractivity contribution in [1.82, 2.24) is 0 Å². The number of allylic oxidation sites excluding steroid dienone is 1. The van der Waals surface area contributed by atoms with E-state index in [1.807, 2.05) is 0 Å². The summed E-state index contributed by atoms with van der Waals surface area (Å²) in [6, 6.07) is 0. The molecule has 0 heterocycles. The largest absolute Gasteiger partial charge is 0.368 e. The Labute approximate surface area is 95.1 Å². The molecule has 0 aromatic heterocycles. The molecule has 92 valence electrons. The lowest BCUT2D eigenvalue weighted by Crippen LogP contribution is -2.52. The van der Waals surface area contributed by atoms with Crippen molar-refractivity contribution in [2.45, 2.75) is 18.9 Å². The van der Waals surface area contributed by atoms with Gasteiger partial charge in [-0.05, 0) is 6.92 Å². The van der Waals surface area contributed by atoms with Gasteiger partial charge in [-0.25, -0.2) is 0 Å². The number of amides is 1. The quantitative estimate of drug-likeness (QED) is 0.491. The van der Waals surface area contributed by atoms with Gasteiger partial charge in [0.2, 0.25) is 5.91 Å². The monoisotopic (exact) mass is 242 g/mol. The minimum Gasteiger partial charge on any atom is -0.368 e. The third kappa shape index (κ3) is 2.13. The molecule has 0 bridgehead atoms. The zero-order chi connectivity index (χ0) is 13.4. The number of nitrogens with two attached hydrogens (primary N) is 2. The van der Waals surface area contributed by atoms with Gasteiger partial charge in [-0.15, -0.1) is 0 Å². The number of carbonyl (C=O) groups excluding carboxylic acids is 1. The van der Waals surface area contributed by atoms with Crippen LogP contribution in [0.25, 0.3) is 0 Å². The van der Waals surface area contributed by atoms with Crippen molar-refractivity contribution in [1.29, 1.82) is 0 Å². The van der Waals surface area contributed by atoms with Crippen LogP contribution in [0.2, 0.25) is 0 Å². The maximum absolute atomic E-state index is 11.1. The van der Waals surface area contributed by atoms with Crippen LogP contribution >= 0.6 is 0 Å². The lowest BCUT2D eigenvalue weighted by molar-refractivity contribution is -0.441. The number of rotatable bonds is 3. The van der Waals surface area contributed by atoms with Gasteiger partial charge in [0.1, 0.15) is 5.54 Å². The van der Waals surface area contributed by atoms with E-state index in [0.717, 1.165) is 6.08 Å². The SMILES string of the molecule is CC1=C([N+](=O)[O-])CC(N)(C(N)=O)C=C1[N+](=O)[O-]. The number of hydrogen-bond donors (Lipinski definition) is 2. The lowest BCUT2D eigenvalue weighted by atomic mass is 9.85. The number of hydrogen-bond acceptors (Lipinski definition) is 6. The summed E-state index contributed by atoms with van der Waals surface area (Å²) >= 11 is 0. The van der Waals surface area contributed by atoms with Gasteiger partial charge in [-0.2, -0.15) is 0 Å². The van der Waals surface area contributed by atoms with Crippen LogP contribution in [0.4, 0.5) is 0 Å². The van der Waals surface area contributed by atoms with Gasteiger partial charge >= 0.3 is 0 Å². The average Bonchev–Trinajstić information content (AvgIpc) is 2.20. The summed E-state index contributed by atoms with van der Waals surface area (Å²) in [5, 5.41) is 21.4. The Kier molecular flexibility index (Phi) is 2.96. The average molecular weight is 242 g/mol. The van der Waals surface area contributed by atoms with Crippen molar-refractivity contribution in [2.75, 3.05) is 0 Å². The first-order chi connectivity index (χ1) is 7.69. The van der Waals surface area contributed by atoms with Crippen LogP contribution in [0.5, 0.6) is 0 Å². The minimum atomic E-state index is -1.90. The fourth-order valence-corrected chi connectivity index (χ4v) is 1.51. The fourth-order valence-electron chi connectivity index (χ4n) is 1.51. The number of primary amides is 1. The van der Waals surface area contributed by atoms with Gasteiger partial charge in [0.15, 0.2) is 0 Å². The molecule has 0 aromatic rings. The molecule has 0 spiro atoms. The van der Waals surface area contributed by atoms with E-state index < -0.39 is 39.1 Å². The summed E-state index contributed by atoms with van der Waals surface area (Å²) in [5.41, 5.74) is 7.46. The van der Waals surface area contributed by atoms with Crippen LogP contribution in [-0.2, 0) is 4.79 Å². The van der Waals surface area contributed by atoms with Gasteiger partial charge < -0.3 is 11.5 Å². The van der Waals surface area contributed by atoms with Gasteiger partial charge in [0.25, 0.3) is 11.4 Å². The highest BCUT2D eigenvalue weighted by atomic mass is 16.6. The summed E-state index contributed by atoms with van der Waals surface area (Å²) in [7, 11) is 0. The van der Waals surface area contributed by atoms with Crippen molar-refractivity contribution in [3.63, 3.8) is 0 Å². The van der Waals surface area contributed by atoms with E-state index in [1.165, 1.54) is 6.92 Å². The molecular weight excluding hydrogens is 232 g/mol. The minimum absolute atomic E-state index is 0.123.